The Kier molecular flexibility index (Phi) is 6.13. The van der Waals surface area contributed by atoms with E-state index in [9.17, 15) is 14.4 Å². The van der Waals surface area contributed by atoms with E-state index in [1.165, 1.54) is 11.3 Å². The van der Waals surface area contributed by atoms with Crippen LogP contribution in [0.15, 0.2) is 72.1 Å². The number of carbonyl (C=O) groups is 3. The SMILES string of the molecule is O=C(NC(C(=O)NNC(=O)C1COc2ccccc2O1)c1ccccc1)c1cccs1. The molecule has 1 aliphatic heterocycles. The number of nitrogens with one attached hydrogen (secondary N) is 3. The van der Waals surface area contributed by atoms with Gasteiger partial charge in [0.15, 0.2) is 11.5 Å². The van der Waals surface area contributed by atoms with Gasteiger partial charge in [-0.25, -0.2) is 0 Å². The van der Waals surface area contributed by atoms with E-state index >= 15 is 0 Å². The molecule has 0 fully saturated rings. The first-order chi connectivity index (χ1) is 15.1. The maximum Gasteiger partial charge on any atom is 0.283 e. The molecule has 3 amide bonds. The quantitative estimate of drug-likeness (QED) is 0.531. The van der Waals surface area contributed by atoms with Crippen LogP contribution in [0.5, 0.6) is 11.5 Å². The fourth-order valence-corrected chi connectivity index (χ4v) is 3.61. The molecule has 1 aromatic heterocycles. The lowest BCUT2D eigenvalue weighted by molar-refractivity contribution is -0.135. The van der Waals surface area contributed by atoms with Crippen LogP contribution in [0, 0.1) is 0 Å². The smallest absolute Gasteiger partial charge is 0.283 e. The molecule has 31 heavy (non-hydrogen) atoms. The van der Waals surface area contributed by atoms with Crippen LogP contribution in [0.25, 0.3) is 0 Å². The number of para-hydroxylation sites is 2. The normalized spacial score (nSPS) is 15.4. The van der Waals surface area contributed by atoms with Crippen LogP contribution in [0.4, 0.5) is 0 Å². The lowest BCUT2D eigenvalue weighted by Crippen LogP contribution is -2.53. The van der Waals surface area contributed by atoms with Gasteiger partial charge >= 0.3 is 0 Å². The number of hydrazine groups is 1. The summed E-state index contributed by atoms with van der Waals surface area (Å²) < 4.78 is 11.1. The van der Waals surface area contributed by atoms with Gasteiger partial charge in [0.05, 0.1) is 4.88 Å². The standard InChI is InChI=1S/C22H19N3O5S/c26-20(17-13-29-15-9-4-5-10-16(15)30-17)24-25-22(28)19(14-7-2-1-3-8-14)23-21(27)18-11-6-12-31-18/h1-12,17,19H,13H2,(H,23,27)(H,24,26)(H,25,28). The molecular formula is C22H19N3O5S. The first kappa shape index (κ1) is 20.4. The summed E-state index contributed by atoms with van der Waals surface area (Å²) in [6, 6.07) is 18.2. The summed E-state index contributed by atoms with van der Waals surface area (Å²) in [4.78, 5) is 38.3. The number of amides is 3. The van der Waals surface area contributed by atoms with E-state index in [1.807, 2.05) is 0 Å². The van der Waals surface area contributed by atoms with E-state index in [4.69, 9.17) is 9.47 Å². The fourth-order valence-electron chi connectivity index (χ4n) is 2.98. The summed E-state index contributed by atoms with van der Waals surface area (Å²) in [5.41, 5.74) is 5.29. The van der Waals surface area contributed by atoms with Crippen LogP contribution in [0.2, 0.25) is 0 Å². The highest BCUT2D eigenvalue weighted by atomic mass is 32.1. The average molecular weight is 437 g/mol. The van der Waals surface area contributed by atoms with Crippen molar-refractivity contribution in [3.63, 3.8) is 0 Å². The Morgan fingerprint density at radius 1 is 0.903 bits per heavy atom. The third kappa shape index (κ3) is 4.84. The zero-order valence-corrected chi connectivity index (χ0v) is 17.1. The molecule has 158 valence electrons. The Morgan fingerprint density at radius 3 is 2.39 bits per heavy atom. The molecule has 3 aromatic rings. The third-order valence-corrected chi connectivity index (χ3v) is 5.39. The van der Waals surface area contributed by atoms with Crippen molar-refractivity contribution in [3.05, 3.63) is 82.6 Å². The second-order valence-electron chi connectivity index (χ2n) is 6.64. The maximum atomic E-state index is 12.8. The van der Waals surface area contributed by atoms with Gasteiger partial charge in [0.2, 0.25) is 6.10 Å². The molecule has 0 spiro atoms. The van der Waals surface area contributed by atoms with E-state index < -0.39 is 24.0 Å². The van der Waals surface area contributed by atoms with Crippen molar-refractivity contribution in [1.82, 2.24) is 16.2 Å². The molecule has 1 aliphatic rings. The monoisotopic (exact) mass is 437 g/mol. The largest absolute Gasteiger partial charge is 0.485 e. The molecule has 2 aromatic carbocycles. The summed E-state index contributed by atoms with van der Waals surface area (Å²) in [7, 11) is 0. The zero-order chi connectivity index (χ0) is 21.6. The molecule has 2 unspecified atom stereocenters. The minimum absolute atomic E-state index is 0.00987. The molecule has 0 aliphatic carbocycles. The molecular weight excluding hydrogens is 418 g/mol. The highest BCUT2D eigenvalue weighted by Crippen LogP contribution is 2.30. The number of benzene rings is 2. The van der Waals surface area contributed by atoms with Gasteiger partial charge in [0, 0.05) is 0 Å². The van der Waals surface area contributed by atoms with Crippen molar-refractivity contribution in [1.29, 1.82) is 0 Å². The number of carbonyl (C=O) groups excluding carboxylic acids is 3. The number of rotatable bonds is 5. The van der Waals surface area contributed by atoms with Crippen LogP contribution < -0.4 is 25.6 Å². The van der Waals surface area contributed by atoms with Crippen LogP contribution in [-0.2, 0) is 9.59 Å². The molecule has 2 heterocycles. The van der Waals surface area contributed by atoms with E-state index in [-0.39, 0.29) is 12.5 Å². The maximum absolute atomic E-state index is 12.8. The molecule has 4 rings (SSSR count). The van der Waals surface area contributed by atoms with Gasteiger partial charge in [-0.1, -0.05) is 48.5 Å². The molecule has 8 nitrogen and oxygen atoms in total. The first-order valence-corrected chi connectivity index (χ1v) is 10.4. The predicted octanol–water partition coefficient (Wildman–Crippen LogP) is 2.21. The molecule has 3 N–H and O–H groups in total. The Hall–Kier alpha value is -3.85. The summed E-state index contributed by atoms with van der Waals surface area (Å²) in [6.07, 6.45) is -0.925. The van der Waals surface area contributed by atoms with Crippen LogP contribution in [0.1, 0.15) is 21.3 Å². The van der Waals surface area contributed by atoms with Crippen LogP contribution in [-0.4, -0.2) is 30.4 Å². The van der Waals surface area contributed by atoms with E-state index in [1.54, 1.807) is 72.1 Å². The van der Waals surface area contributed by atoms with Gasteiger partial charge in [-0.3, -0.25) is 25.2 Å². The van der Waals surface area contributed by atoms with Crippen molar-refractivity contribution in [2.24, 2.45) is 0 Å². The average Bonchev–Trinajstić information content (AvgIpc) is 3.36. The van der Waals surface area contributed by atoms with Gasteiger partial charge in [-0.2, -0.15) is 0 Å². The van der Waals surface area contributed by atoms with Gasteiger partial charge in [-0.05, 0) is 29.1 Å². The highest BCUT2D eigenvalue weighted by molar-refractivity contribution is 7.12. The Labute approximate surface area is 182 Å². The molecule has 0 saturated heterocycles. The molecule has 9 heteroatoms. The van der Waals surface area contributed by atoms with Crippen LogP contribution in [0.3, 0.4) is 0 Å². The lowest BCUT2D eigenvalue weighted by Gasteiger charge is -2.26. The van der Waals surface area contributed by atoms with Crippen molar-refractivity contribution >= 4 is 29.1 Å². The molecule has 0 radical (unpaired) electrons. The number of hydrogen-bond acceptors (Lipinski definition) is 6. The Morgan fingerprint density at radius 2 is 1.65 bits per heavy atom. The predicted molar refractivity (Wildman–Crippen MR) is 114 cm³/mol. The number of fused-ring (bicyclic) bond motifs is 1. The van der Waals surface area contributed by atoms with Crippen molar-refractivity contribution < 1.29 is 23.9 Å². The second kappa shape index (κ2) is 9.31. The van der Waals surface area contributed by atoms with E-state index in [0.717, 1.165) is 0 Å². The second-order valence-corrected chi connectivity index (χ2v) is 7.58. The van der Waals surface area contributed by atoms with Crippen molar-refractivity contribution in [2.75, 3.05) is 6.61 Å². The minimum Gasteiger partial charge on any atom is -0.485 e. The Balaban J connectivity index is 1.40. The minimum atomic E-state index is -1.000. The summed E-state index contributed by atoms with van der Waals surface area (Å²) in [5, 5.41) is 4.48. The molecule has 0 bridgehead atoms. The summed E-state index contributed by atoms with van der Waals surface area (Å²) >= 11 is 1.27. The summed E-state index contributed by atoms with van der Waals surface area (Å²) in [6.45, 7) is 0.00987. The fraction of sp³-hybridized carbons (Fsp3) is 0.136. The van der Waals surface area contributed by atoms with Crippen molar-refractivity contribution in [3.8, 4) is 11.5 Å². The van der Waals surface area contributed by atoms with Gasteiger partial charge < -0.3 is 14.8 Å². The number of thiophene rings is 1. The molecule has 0 saturated carbocycles. The van der Waals surface area contributed by atoms with Gasteiger partial charge in [0.1, 0.15) is 12.6 Å². The highest BCUT2D eigenvalue weighted by Gasteiger charge is 2.29. The van der Waals surface area contributed by atoms with Gasteiger partial charge in [-0.15, -0.1) is 11.3 Å². The van der Waals surface area contributed by atoms with E-state index in [0.29, 0.717) is 21.9 Å². The lowest BCUT2D eigenvalue weighted by atomic mass is 10.1. The number of hydrogen-bond donors (Lipinski definition) is 3. The summed E-state index contributed by atoms with van der Waals surface area (Å²) in [5.74, 6) is -0.548. The number of ether oxygens (including phenoxy) is 2. The first-order valence-electron chi connectivity index (χ1n) is 9.49. The van der Waals surface area contributed by atoms with Crippen molar-refractivity contribution in [2.45, 2.75) is 12.1 Å². The zero-order valence-electron chi connectivity index (χ0n) is 16.2. The molecule has 2 atom stereocenters. The topological polar surface area (TPSA) is 106 Å². The van der Waals surface area contributed by atoms with Crippen LogP contribution >= 0.6 is 11.3 Å². The third-order valence-electron chi connectivity index (χ3n) is 4.53. The van der Waals surface area contributed by atoms with Gasteiger partial charge in [0.25, 0.3) is 17.7 Å². The van der Waals surface area contributed by atoms with E-state index in [2.05, 4.69) is 16.2 Å². The Bertz CT molecular complexity index is 1070.